The van der Waals surface area contributed by atoms with Crippen molar-refractivity contribution in [1.82, 2.24) is 0 Å². The van der Waals surface area contributed by atoms with Crippen molar-refractivity contribution in [2.45, 2.75) is 39.9 Å². The Morgan fingerprint density at radius 1 is 1.07 bits per heavy atom. The van der Waals surface area contributed by atoms with Gasteiger partial charge < -0.3 is 4.74 Å². The van der Waals surface area contributed by atoms with Gasteiger partial charge in [0.05, 0.1) is 12.2 Å². The Morgan fingerprint density at radius 2 is 1.67 bits per heavy atom. The van der Waals surface area contributed by atoms with Crippen molar-refractivity contribution in [1.29, 1.82) is 0 Å². The van der Waals surface area contributed by atoms with Gasteiger partial charge in [0, 0.05) is 11.1 Å². The lowest BCUT2D eigenvalue weighted by Crippen LogP contribution is -2.24. The minimum Gasteiger partial charge on any atom is -0.371 e. The summed E-state index contributed by atoms with van der Waals surface area (Å²) in [6, 6.07) is 0. The molecule has 3 nitrogen and oxygen atoms in total. The van der Waals surface area contributed by atoms with E-state index in [0.29, 0.717) is 11.1 Å². The molecule has 0 amide bonds. The minimum atomic E-state index is -0.328. The van der Waals surface area contributed by atoms with Gasteiger partial charge in [-0.05, 0) is 39.8 Å². The molecule has 3 heteroatoms. The van der Waals surface area contributed by atoms with Crippen LogP contribution in [0.4, 0.5) is 0 Å². The summed E-state index contributed by atoms with van der Waals surface area (Å²) < 4.78 is 5.47. The molecule has 0 N–H and O–H groups in total. The molecule has 1 atom stereocenters. The zero-order chi connectivity index (χ0) is 11.6. The number of hydrogen-bond donors (Lipinski definition) is 0. The van der Waals surface area contributed by atoms with E-state index in [1.165, 1.54) is 12.2 Å². The third-order valence-electron chi connectivity index (χ3n) is 2.22. The Kier molecular flexibility index (Phi) is 3.58. The summed E-state index contributed by atoms with van der Waals surface area (Å²) in [5.41, 5.74) is 0.930. The molecule has 1 unspecified atom stereocenters. The Balaban J connectivity index is 2.83. The van der Waals surface area contributed by atoms with Gasteiger partial charge in [-0.15, -0.1) is 0 Å². The predicted octanol–water partition coefficient (Wildman–Crippen LogP) is 1.82. The zero-order valence-corrected chi connectivity index (χ0v) is 9.53. The molecule has 15 heavy (non-hydrogen) atoms. The molecule has 0 spiro atoms. The lowest BCUT2D eigenvalue weighted by atomic mass is 9.95. The highest BCUT2D eigenvalue weighted by Crippen LogP contribution is 2.17. The van der Waals surface area contributed by atoms with E-state index in [2.05, 4.69) is 0 Å². The standard InChI is InChI=1S/C12H16O3/c1-7(2)15-9(4)10-6-11(13)8(3)5-12(10)14/h5-7,9H,1-4H3. The number of hydrogen-bond acceptors (Lipinski definition) is 3. The fraction of sp³-hybridized carbons (Fsp3) is 0.500. The largest absolute Gasteiger partial charge is 0.371 e. The second kappa shape index (κ2) is 4.53. The molecular formula is C12H16O3. The van der Waals surface area contributed by atoms with Gasteiger partial charge in [0.2, 0.25) is 0 Å². The van der Waals surface area contributed by atoms with Crippen molar-refractivity contribution in [3.8, 4) is 0 Å². The summed E-state index contributed by atoms with van der Waals surface area (Å²) >= 11 is 0. The summed E-state index contributed by atoms with van der Waals surface area (Å²) in [6.45, 7) is 7.22. The summed E-state index contributed by atoms with van der Waals surface area (Å²) in [5, 5.41) is 0. The molecule has 1 rings (SSSR count). The summed E-state index contributed by atoms with van der Waals surface area (Å²) in [6.07, 6.45) is 2.46. The zero-order valence-electron chi connectivity index (χ0n) is 9.53. The maximum absolute atomic E-state index is 11.6. The first-order valence-electron chi connectivity index (χ1n) is 5.06. The number of rotatable bonds is 3. The molecule has 1 aliphatic rings. The van der Waals surface area contributed by atoms with Gasteiger partial charge in [-0.1, -0.05) is 0 Å². The van der Waals surface area contributed by atoms with Crippen molar-refractivity contribution in [3.05, 3.63) is 23.3 Å². The highest BCUT2D eigenvalue weighted by Gasteiger charge is 2.22. The predicted molar refractivity (Wildman–Crippen MR) is 57.5 cm³/mol. The Labute approximate surface area is 89.8 Å². The molecular weight excluding hydrogens is 192 g/mol. The van der Waals surface area contributed by atoms with Crippen LogP contribution in [-0.4, -0.2) is 23.8 Å². The molecule has 0 saturated heterocycles. The van der Waals surface area contributed by atoms with Crippen LogP contribution in [0.15, 0.2) is 23.3 Å². The fourth-order valence-electron chi connectivity index (χ4n) is 1.48. The Morgan fingerprint density at radius 3 is 2.20 bits per heavy atom. The summed E-state index contributed by atoms with van der Waals surface area (Å²) in [5.74, 6) is -0.232. The smallest absolute Gasteiger partial charge is 0.184 e. The normalized spacial score (nSPS) is 19.0. The topological polar surface area (TPSA) is 43.4 Å². The van der Waals surface area contributed by atoms with E-state index in [1.807, 2.05) is 13.8 Å². The first-order valence-corrected chi connectivity index (χ1v) is 5.06. The van der Waals surface area contributed by atoms with Crippen molar-refractivity contribution in [2.24, 2.45) is 0 Å². The van der Waals surface area contributed by atoms with Crippen molar-refractivity contribution in [3.63, 3.8) is 0 Å². The molecule has 0 saturated carbocycles. The van der Waals surface area contributed by atoms with E-state index in [-0.39, 0.29) is 23.8 Å². The van der Waals surface area contributed by atoms with Crippen molar-refractivity contribution in [2.75, 3.05) is 0 Å². The van der Waals surface area contributed by atoms with E-state index >= 15 is 0 Å². The molecule has 0 heterocycles. The molecule has 0 aromatic rings. The lowest BCUT2D eigenvalue weighted by molar-refractivity contribution is -0.116. The van der Waals surface area contributed by atoms with Crippen LogP contribution in [0, 0.1) is 0 Å². The van der Waals surface area contributed by atoms with E-state index < -0.39 is 0 Å². The van der Waals surface area contributed by atoms with Gasteiger partial charge in [0.1, 0.15) is 0 Å². The molecule has 82 valence electrons. The molecule has 0 aromatic carbocycles. The second-order valence-corrected chi connectivity index (χ2v) is 3.98. The van der Waals surface area contributed by atoms with Gasteiger partial charge in [-0.3, -0.25) is 9.59 Å². The van der Waals surface area contributed by atoms with Crippen LogP contribution in [0.25, 0.3) is 0 Å². The maximum Gasteiger partial charge on any atom is 0.184 e. The molecule has 1 aliphatic carbocycles. The Hall–Kier alpha value is -1.22. The van der Waals surface area contributed by atoms with E-state index in [0.717, 1.165) is 0 Å². The maximum atomic E-state index is 11.6. The Bertz CT molecular complexity index is 348. The molecule has 0 aromatic heterocycles. The van der Waals surface area contributed by atoms with Gasteiger partial charge in [-0.2, -0.15) is 0 Å². The highest BCUT2D eigenvalue weighted by atomic mass is 16.5. The first kappa shape index (κ1) is 11.9. The van der Waals surface area contributed by atoms with Gasteiger partial charge in [0.15, 0.2) is 11.6 Å². The van der Waals surface area contributed by atoms with E-state index in [1.54, 1.807) is 13.8 Å². The van der Waals surface area contributed by atoms with Crippen LogP contribution in [0.2, 0.25) is 0 Å². The number of ether oxygens (including phenoxy) is 1. The van der Waals surface area contributed by atoms with Crippen LogP contribution in [-0.2, 0) is 14.3 Å². The first-order chi connectivity index (χ1) is 6.91. The lowest BCUT2D eigenvalue weighted by Gasteiger charge is -2.19. The van der Waals surface area contributed by atoms with Crippen LogP contribution < -0.4 is 0 Å². The third-order valence-corrected chi connectivity index (χ3v) is 2.22. The summed E-state index contributed by atoms with van der Waals surface area (Å²) in [7, 11) is 0. The third kappa shape index (κ3) is 2.86. The average Bonchev–Trinajstić information content (AvgIpc) is 2.09. The number of carbonyl (C=O) groups is 2. The number of carbonyl (C=O) groups excluding carboxylic acids is 2. The molecule has 0 fully saturated rings. The van der Waals surface area contributed by atoms with Gasteiger partial charge >= 0.3 is 0 Å². The number of ketones is 2. The van der Waals surface area contributed by atoms with Gasteiger partial charge in [-0.25, -0.2) is 0 Å². The van der Waals surface area contributed by atoms with Crippen LogP contribution in [0.5, 0.6) is 0 Å². The minimum absolute atomic E-state index is 0.0378. The molecule has 0 bridgehead atoms. The monoisotopic (exact) mass is 208 g/mol. The van der Waals surface area contributed by atoms with E-state index in [9.17, 15) is 9.59 Å². The molecule has 0 radical (unpaired) electrons. The average molecular weight is 208 g/mol. The number of allylic oxidation sites excluding steroid dienone is 3. The van der Waals surface area contributed by atoms with Crippen molar-refractivity contribution >= 4 is 11.6 Å². The molecule has 0 aliphatic heterocycles. The summed E-state index contributed by atoms with van der Waals surface area (Å²) in [4.78, 5) is 23.0. The van der Waals surface area contributed by atoms with E-state index in [4.69, 9.17) is 4.74 Å². The van der Waals surface area contributed by atoms with Crippen LogP contribution >= 0.6 is 0 Å². The second-order valence-electron chi connectivity index (χ2n) is 3.98. The van der Waals surface area contributed by atoms with Gasteiger partial charge in [0.25, 0.3) is 0 Å². The fourth-order valence-corrected chi connectivity index (χ4v) is 1.48. The SMILES string of the molecule is CC1=CC(=O)C(C(C)OC(C)C)=CC1=O. The quantitative estimate of drug-likeness (QED) is 0.664. The van der Waals surface area contributed by atoms with Crippen molar-refractivity contribution < 1.29 is 14.3 Å². The highest BCUT2D eigenvalue weighted by molar-refractivity contribution is 6.20. The van der Waals surface area contributed by atoms with Crippen LogP contribution in [0.3, 0.4) is 0 Å². The van der Waals surface area contributed by atoms with Crippen LogP contribution in [0.1, 0.15) is 27.7 Å².